The van der Waals surface area contributed by atoms with Crippen LogP contribution >= 0.6 is 11.7 Å². The summed E-state index contributed by atoms with van der Waals surface area (Å²) in [6, 6.07) is 9.85. The second kappa shape index (κ2) is 9.52. The second-order valence-electron chi connectivity index (χ2n) is 5.54. The number of carbonyl (C=O) groups excluding carboxylic acids is 2. The summed E-state index contributed by atoms with van der Waals surface area (Å²) in [6.45, 7) is 1.88. The number of anilines is 1. The normalized spacial score (nSPS) is 12.0. The van der Waals surface area contributed by atoms with Gasteiger partial charge in [-0.3, -0.25) is 9.35 Å². The third kappa shape index (κ3) is 5.54. The number of rotatable bonds is 5. The average Bonchev–Trinajstić information content (AvgIpc) is 3.17. The highest BCUT2D eigenvalue weighted by atomic mass is 32.2. The van der Waals surface area contributed by atoms with Gasteiger partial charge in [0.15, 0.2) is 11.8 Å². The standard InChI is InChI=1S/C11H13NO3.C6H5N3O3S2/c1-2-15-11(14)9(12)10(13)8-6-4-3-5-7-8;7-5-4(14(10,11)12)2-1-3-6(5)9-13-8-3/h3-7,9H,2,12H2,1H3;1-2H,7H2,(H,10,11,12). The molecule has 2 aromatic carbocycles. The lowest BCUT2D eigenvalue weighted by atomic mass is 10.1. The first kappa shape index (κ1) is 22.4. The van der Waals surface area contributed by atoms with E-state index in [2.05, 4.69) is 13.5 Å². The molecule has 0 aliphatic heterocycles. The Morgan fingerprint density at radius 1 is 1.17 bits per heavy atom. The molecule has 0 bridgehead atoms. The molecule has 0 saturated heterocycles. The van der Waals surface area contributed by atoms with Gasteiger partial charge in [0.25, 0.3) is 10.1 Å². The monoisotopic (exact) mass is 438 g/mol. The third-order valence-corrected chi connectivity index (χ3v) is 5.04. The molecule has 29 heavy (non-hydrogen) atoms. The van der Waals surface area contributed by atoms with Crippen molar-refractivity contribution in [2.45, 2.75) is 17.9 Å². The molecule has 1 unspecified atom stereocenters. The van der Waals surface area contributed by atoms with Crippen LogP contribution in [-0.4, -0.2) is 46.1 Å². The highest BCUT2D eigenvalue weighted by Gasteiger charge is 2.24. The Labute approximate surface area is 170 Å². The van der Waals surface area contributed by atoms with Gasteiger partial charge in [-0.1, -0.05) is 30.3 Å². The van der Waals surface area contributed by atoms with Crippen molar-refractivity contribution in [1.29, 1.82) is 0 Å². The fraction of sp³-hybridized carbons (Fsp3) is 0.176. The van der Waals surface area contributed by atoms with Gasteiger partial charge in [-0.05, 0) is 19.1 Å². The molecule has 3 aromatic rings. The molecule has 0 fully saturated rings. The van der Waals surface area contributed by atoms with Gasteiger partial charge in [0, 0.05) is 5.56 Å². The van der Waals surface area contributed by atoms with Crippen LogP contribution in [0.2, 0.25) is 0 Å². The van der Waals surface area contributed by atoms with E-state index in [1.807, 2.05) is 0 Å². The highest BCUT2D eigenvalue weighted by molar-refractivity contribution is 7.86. The zero-order valence-electron chi connectivity index (χ0n) is 15.2. The molecular formula is C17H18N4O6S2. The van der Waals surface area contributed by atoms with Crippen molar-refractivity contribution >= 4 is 50.3 Å². The Morgan fingerprint density at radius 3 is 2.41 bits per heavy atom. The highest BCUT2D eigenvalue weighted by Crippen LogP contribution is 2.26. The van der Waals surface area contributed by atoms with Gasteiger partial charge in [0.1, 0.15) is 15.9 Å². The van der Waals surface area contributed by atoms with E-state index < -0.39 is 27.9 Å². The molecule has 0 amide bonds. The lowest BCUT2D eigenvalue weighted by Gasteiger charge is -2.08. The number of hydrogen-bond donors (Lipinski definition) is 3. The number of benzene rings is 2. The lowest BCUT2D eigenvalue weighted by molar-refractivity contribution is -0.143. The summed E-state index contributed by atoms with van der Waals surface area (Å²) in [6.07, 6.45) is 0. The molecular weight excluding hydrogens is 420 g/mol. The number of aromatic nitrogens is 2. The fourth-order valence-corrected chi connectivity index (χ4v) is 3.36. The number of ketones is 1. The minimum absolute atomic E-state index is 0.0706. The van der Waals surface area contributed by atoms with Crippen LogP contribution in [0.25, 0.3) is 11.0 Å². The maximum absolute atomic E-state index is 11.6. The molecule has 0 radical (unpaired) electrons. The van der Waals surface area contributed by atoms with E-state index in [1.54, 1.807) is 37.3 Å². The van der Waals surface area contributed by atoms with Gasteiger partial charge in [-0.25, -0.2) is 4.79 Å². The molecule has 1 aromatic heterocycles. The van der Waals surface area contributed by atoms with E-state index in [0.717, 1.165) is 11.7 Å². The number of nitrogens with zero attached hydrogens (tertiary/aromatic N) is 2. The number of carbonyl (C=O) groups is 2. The maximum Gasteiger partial charge on any atom is 0.331 e. The maximum atomic E-state index is 11.6. The predicted octanol–water partition coefficient (Wildman–Crippen LogP) is 1.28. The number of ether oxygens (including phenoxy) is 1. The van der Waals surface area contributed by atoms with Crippen molar-refractivity contribution in [1.82, 2.24) is 8.75 Å². The van der Waals surface area contributed by atoms with Crippen molar-refractivity contribution in [2.75, 3.05) is 12.3 Å². The van der Waals surface area contributed by atoms with Crippen molar-refractivity contribution in [3.63, 3.8) is 0 Å². The number of esters is 1. The van der Waals surface area contributed by atoms with Crippen LogP contribution in [0.4, 0.5) is 5.69 Å². The van der Waals surface area contributed by atoms with Crippen molar-refractivity contribution in [3.05, 3.63) is 48.0 Å². The molecule has 12 heteroatoms. The molecule has 3 rings (SSSR count). The van der Waals surface area contributed by atoms with Crippen LogP contribution in [0, 0.1) is 0 Å². The fourth-order valence-electron chi connectivity index (χ4n) is 2.20. The first-order valence-electron chi connectivity index (χ1n) is 8.16. The Kier molecular flexibility index (Phi) is 7.34. The summed E-state index contributed by atoms with van der Waals surface area (Å²) in [5.74, 6) is -1.11. The molecule has 0 aliphatic carbocycles. The zero-order chi connectivity index (χ0) is 21.6. The van der Waals surface area contributed by atoms with Crippen LogP contribution in [-0.2, 0) is 19.6 Å². The molecule has 5 N–H and O–H groups in total. The summed E-state index contributed by atoms with van der Waals surface area (Å²) in [7, 11) is -4.29. The molecule has 0 spiro atoms. The van der Waals surface area contributed by atoms with Crippen LogP contribution in [0.5, 0.6) is 0 Å². The van der Waals surface area contributed by atoms with E-state index in [9.17, 15) is 18.0 Å². The summed E-state index contributed by atoms with van der Waals surface area (Å²) >= 11 is 0.930. The number of Topliss-reactive ketones (excluding diaryl/α,β-unsaturated/α-hetero) is 1. The van der Waals surface area contributed by atoms with E-state index in [0.29, 0.717) is 16.6 Å². The van der Waals surface area contributed by atoms with Gasteiger partial charge in [0.2, 0.25) is 0 Å². The van der Waals surface area contributed by atoms with Crippen LogP contribution in [0.1, 0.15) is 17.3 Å². The number of fused-ring (bicyclic) bond motifs is 1. The van der Waals surface area contributed by atoms with Gasteiger partial charge < -0.3 is 16.2 Å². The molecule has 1 heterocycles. The van der Waals surface area contributed by atoms with E-state index in [4.69, 9.17) is 16.0 Å². The van der Waals surface area contributed by atoms with Crippen molar-refractivity contribution < 1.29 is 27.3 Å². The SMILES string of the molecule is CCOC(=O)C(N)C(=O)c1ccccc1.Nc1c(S(=O)(=O)O)ccc2nsnc12. The van der Waals surface area contributed by atoms with Gasteiger partial charge in [0.05, 0.1) is 24.0 Å². The van der Waals surface area contributed by atoms with Crippen LogP contribution < -0.4 is 11.5 Å². The molecule has 1 atom stereocenters. The molecule has 154 valence electrons. The first-order chi connectivity index (χ1) is 13.7. The number of nitrogen functional groups attached to an aromatic ring is 1. The summed E-state index contributed by atoms with van der Waals surface area (Å²) in [4.78, 5) is 22.5. The predicted molar refractivity (Wildman–Crippen MR) is 107 cm³/mol. The van der Waals surface area contributed by atoms with E-state index >= 15 is 0 Å². The number of hydrogen-bond acceptors (Lipinski definition) is 10. The van der Waals surface area contributed by atoms with Gasteiger partial charge in [-0.15, -0.1) is 0 Å². The minimum Gasteiger partial charge on any atom is -0.464 e. The topological polar surface area (TPSA) is 176 Å². The van der Waals surface area contributed by atoms with Crippen LogP contribution in [0.15, 0.2) is 47.4 Å². The third-order valence-electron chi connectivity index (χ3n) is 3.59. The van der Waals surface area contributed by atoms with Crippen molar-refractivity contribution in [3.8, 4) is 0 Å². The smallest absolute Gasteiger partial charge is 0.331 e. The second-order valence-corrected chi connectivity index (χ2v) is 7.46. The summed E-state index contributed by atoms with van der Waals surface area (Å²) in [5.41, 5.74) is 12.1. The average molecular weight is 438 g/mol. The van der Waals surface area contributed by atoms with Crippen molar-refractivity contribution in [2.24, 2.45) is 5.73 Å². The Balaban J connectivity index is 0.000000207. The Bertz CT molecular complexity index is 1120. The Morgan fingerprint density at radius 2 is 1.83 bits per heavy atom. The summed E-state index contributed by atoms with van der Waals surface area (Å²) in [5, 5.41) is 0. The molecule has 10 nitrogen and oxygen atoms in total. The summed E-state index contributed by atoms with van der Waals surface area (Å²) < 4.78 is 42.9. The van der Waals surface area contributed by atoms with E-state index in [-0.39, 0.29) is 17.2 Å². The van der Waals surface area contributed by atoms with Gasteiger partial charge >= 0.3 is 5.97 Å². The quantitative estimate of drug-likeness (QED) is 0.173. The van der Waals surface area contributed by atoms with E-state index in [1.165, 1.54) is 12.1 Å². The minimum atomic E-state index is -4.29. The molecule has 0 saturated carbocycles. The zero-order valence-corrected chi connectivity index (χ0v) is 16.8. The molecule has 0 aliphatic rings. The van der Waals surface area contributed by atoms with Crippen LogP contribution in [0.3, 0.4) is 0 Å². The Hall–Kier alpha value is -2.93. The first-order valence-corrected chi connectivity index (χ1v) is 10.3. The largest absolute Gasteiger partial charge is 0.464 e. The lowest BCUT2D eigenvalue weighted by Crippen LogP contribution is -2.40. The number of nitrogens with two attached hydrogens (primary N) is 2. The van der Waals surface area contributed by atoms with Gasteiger partial charge in [-0.2, -0.15) is 17.2 Å².